The van der Waals surface area contributed by atoms with Gasteiger partial charge in [-0.15, -0.1) is 10.2 Å². The zero-order chi connectivity index (χ0) is 19.1. The summed E-state index contributed by atoms with van der Waals surface area (Å²) in [4.78, 5) is 25.6. The summed E-state index contributed by atoms with van der Waals surface area (Å²) in [5, 5.41) is 6.81. The molecule has 1 aliphatic rings. The second-order valence-corrected chi connectivity index (χ2v) is 6.79. The van der Waals surface area contributed by atoms with Crippen LogP contribution >= 0.6 is 22.9 Å². The van der Waals surface area contributed by atoms with E-state index in [9.17, 15) is 27.2 Å². The number of nitrogens with zero attached hydrogens (tertiary/aromatic N) is 3. The van der Waals surface area contributed by atoms with Gasteiger partial charge in [0.2, 0.25) is 22.0 Å². The third-order valence-electron chi connectivity index (χ3n) is 3.61. The number of hydrogen-bond donors (Lipinski definition) is 1. The van der Waals surface area contributed by atoms with Crippen LogP contribution in [0.15, 0.2) is 18.2 Å². The van der Waals surface area contributed by atoms with Crippen molar-refractivity contribution in [2.24, 2.45) is 5.92 Å². The molecule has 2 heterocycles. The first-order valence-electron chi connectivity index (χ1n) is 7.12. The second-order valence-electron chi connectivity index (χ2n) is 5.40. The molecular weight excluding hydrogens is 400 g/mol. The summed E-state index contributed by atoms with van der Waals surface area (Å²) in [6.07, 6.45) is -4.80. The molecule has 12 heteroatoms. The van der Waals surface area contributed by atoms with Crippen LogP contribution in [0, 0.1) is 11.7 Å². The van der Waals surface area contributed by atoms with Crippen LogP contribution < -0.4 is 10.2 Å². The highest BCUT2D eigenvalue weighted by atomic mass is 35.5. The summed E-state index contributed by atoms with van der Waals surface area (Å²) in [5.41, 5.74) is 0.326. The zero-order valence-corrected chi connectivity index (χ0v) is 14.3. The molecule has 1 atom stereocenters. The molecule has 1 fully saturated rings. The maximum absolute atomic E-state index is 13.2. The summed E-state index contributed by atoms with van der Waals surface area (Å²) >= 11 is 5.88. The van der Waals surface area contributed by atoms with Crippen LogP contribution in [0.4, 0.5) is 28.4 Å². The maximum atomic E-state index is 13.2. The summed E-state index contributed by atoms with van der Waals surface area (Å²) in [6.45, 7) is -0.0163. The van der Waals surface area contributed by atoms with E-state index in [4.69, 9.17) is 11.6 Å². The second kappa shape index (κ2) is 6.80. The first-order chi connectivity index (χ1) is 12.1. The Morgan fingerprint density at radius 2 is 2.08 bits per heavy atom. The van der Waals surface area contributed by atoms with Crippen molar-refractivity contribution < 1.29 is 27.2 Å². The fourth-order valence-electron chi connectivity index (χ4n) is 2.38. The lowest BCUT2D eigenvalue weighted by Crippen LogP contribution is -2.28. The normalized spacial score (nSPS) is 17.7. The van der Waals surface area contributed by atoms with Gasteiger partial charge in [0, 0.05) is 18.7 Å². The molecule has 2 amide bonds. The Labute approximate surface area is 152 Å². The number of rotatable bonds is 3. The van der Waals surface area contributed by atoms with Gasteiger partial charge in [0.05, 0.1) is 10.9 Å². The minimum absolute atomic E-state index is 0.0163. The lowest BCUT2D eigenvalue weighted by molar-refractivity contribution is -0.138. The van der Waals surface area contributed by atoms with Crippen molar-refractivity contribution in [3.8, 4) is 0 Å². The van der Waals surface area contributed by atoms with Crippen molar-refractivity contribution in [3.05, 3.63) is 34.0 Å². The number of benzene rings is 1. The fourth-order valence-corrected chi connectivity index (χ4v) is 3.17. The van der Waals surface area contributed by atoms with Gasteiger partial charge in [-0.2, -0.15) is 13.2 Å². The summed E-state index contributed by atoms with van der Waals surface area (Å²) in [6, 6.07) is 3.70. The Balaban J connectivity index is 1.69. The monoisotopic (exact) mass is 408 g/mol. The number of alkyl halides is 3. The van der Waals surface area contributed by atoms with Crippen LogP contribution in [0.3, 0.4) is 0 Å². The quantitative estimate of drug-likeness (QED) is 0.790. The molecule has 0 saturated carbocycles. The topological polar surface area (TPSA) is 75.2 Å². The van der Waals surface area contributed by atoms with Gasteiger partial charge in [0.15, 0.2) is 0 Å². The molecule has 0 spiro atoms. The molecule has 1 aromatic heterocycles. The predicted octanol–water partition coefficient (Wildman–Crippen LogP) is 3.34. The summed E-state index contributed by atoms with van der Waals surface area (Å²) < 4.78 is 50.7. The van der Waals surface area contributed by atoms with Gasteiger partial charge in [0.1, 0.15) is 5.82 Å². The molecule has 0 bridgehead atoms. The number of halogens is 5. The first-order valence-corrected chi connectivity index (χ1v) is 8.31. The molecule has 3 rings (SSSR count). The van der Waals surface area contributed by atoms with E-state index in [1.807, 2.05) is 0 Å². The maximum Gasteiger partial charge on any atom is 0.445 e. The Hall–Kier alpha value is -2.27. The number of anilines is 2. The number of amides is 2. The highest BCUT2D eigenvalue weighted by molar-refractivity contribution is 7.15. The van der Waals surface area contributed by atoms with E-state index in [0.29, 0.717) is 5.69 Å². The molecule has 0 aliphatic carbocycles. The molecule has 0 radical (unpaired) electrons. The van der Waals surface area contributed by atoms with Crippen molar-refractivity contribution in [1.82, 2.24) is 10.2 Å². The van der Waals surface area contributed by atoms with E-state index >= 15 is 0 Å². The Bertz CT molecular complexity index is 873. The molecule has 1 saturated heterocycles. The number of carbonyl (C=O) groups is 2. The largest absolute Gasteiger partial charge is 0.445 e. The number of hydrogen-bond acceptors (Lipinski definition) is 5. The van der Waals surface area contributed by atoms with Gasteiger partial charge in [-0.05, 0) is 18.2 Å². The number of nitrogens with one attached hydrogen (secondary N) is 1. The minimum Gasteiger partial charge on any atom is -0.312 e. The van der Waals surface area contributed by atoms with Crippen molar-refractivity contribution in [1.29, 1.82) is 0 Å². The molecule has 2 aromatic rings. The van der Waals surface area contributed by atoms with Gasteiger partial charge in [-0.1, -0.05) is 22.9 Å². The molecule has 6 nitrogen and oxygen atoms in total. The van der Waals surface area contributed by atoms with Crippen LogP contribution in [0.5, 0.6) is 0 Å². The van der Waals surface area contributed by atoms with Crippen LogP contribution in [-0.4, -0.2) is 28.6 Å². The zero-order valence-electron chi connectivity index (χ0n) is 12.7. The van der Waals surface area contributed by atoms with Crippen LogP contribution in [0.2, 0.25) is 5.02 Å². The third kappa shape index (κ3) is 3.78. The van der Waals surface area contributed by atoms with Gasteiger partial charge in [-0.25, -0.2) is 4.39 Å². The van der Waals surface area contributed by atoms with Crippen LogP contribution in [0.25, 0.3) is 0 Å². The molecule has 138 valence electrons. The highest BCUT2D eigenvalue weighted by Gasteiger charge is 2.38. The van der Waals surface area contributed by atoms with Crippen molar-refractivity contribution in [2.45, 2.75) is 12.6 Å². The van der Waals surface area contributed by atoms with E-state index in [0.717, 1.165) is 6.07 Å². The molecule has 1 N–H and O–H groups in total. The predicted molar refractivity (Wildman–Crippen MR) is 85.4 cm³/mol. The van der Waals surface area contributed by atoms with Crippen molar-refractivity contribution in [2.75, 3.05) is 16.8 Å². The fraction of sp³-hybridized carbons (Fsp3) is 0.286. The smallest absolute Gasteiger partial charge is 0.312 e. The van der Waals surface area contributed by atoms with E-state index in [-0.39, 0.29) is 40.4 Å². The van der Waals surface area contributed by atoms with E-state index in [1.54, 1.807) is 0 Å². The van der Waals surface area contributed by atoms with Gasteiger partial charge in [-0.3, -0.25) is 9.59 Å². The van der Waals surface area contributed by atoms with Crippen molar-refractivity contribution in [3.63, 3.8) is 0 Å². The number of aromatic nitrogens is 2. The van der Waals surface area contributed by atoms with E-state index in [1.165, 1.54) is 17.0 Å². The molecular formula is C14H9ClF4N4O2S. The minimum atomic E-state index is -4.65. The highest BCUT2D eigenvalue weighted by Crippen LogP contribution is 2.34. The molecule has 26 heavy (non-hydrogen) atoms. The first kappa shape index (κ1) is 18.5. The van der Waals surface area contributed by atoms with Crippen LogP contribution in [-0.2, 0) is 15.8 Å². The molecule has 1 aliphatic heterocycles. The lowest BCUT2D eigenvalue weighted by Gasteiger charge is -2.17. The van der Waals surface area contributed by atoms with E-state index < -0.39 is 28.8 Å². The molecule has 1 aromatic carbocycles. The Kier molecular flexibility index (Phi) is 4.84. The lowest BCUT2D eigenvalue weighted by atomic mass is 10.1. The Morgan fingerprint density at radius 3 is 2.69 bits per heavy atom. The Morgan fingerprint density at radius 1 is 1.35 bits per heavy atom. The van der Waals surface area contributed by atoms with E-state index in [2.05, 4.69) is 15.5 Å². The average molecular weight is 409 g/mol. The standard InChI is InChI=1S/C14H9ClF4N4O2S/c15-8-4-7(1-2-9(8)16)23-5-6(3-10(23)24)11(25)20-13-22-21-12(26-13)14(17,18)19/h1-2,4,6H,3,5H2,(H,20,22,25). The SMILES string of the molecule is O=C(Nc1nnc(C(F)(F)F)s1)C1CC(=O)N(c2ccc(F)c(Cl)c2)C1. The van der Waals surface area contributed by atoms with Crippen molar-refractivity contribution >= 4 is 45.6 Å². The summed E-state index contributed by atoms with van der Waals surface area (Å²) in [7, 11) is 0. The van der Waals surface area contributed by atoms with Crippen LogP contribution in [0.1, 0.15) is 11.4 Å². The average Bonchev–Trinajstić information content (AvgIpc) is 3.16. The van der Waals surface area contributed by atoms with Gasteiger partial charge >= 0.3 is 6.18 Å². The third-order valence-corrected chi connectivity index (χ3v) is 4.78. The van der Waals surface area contributed by atoms with Gasteiger partial charge in [0.25, 0.3) is 0 Å². The van der Waals surface area contributed by atoms with Gasteiger partial charge < -0.3 is 10.2 Å². The molecule has 1 unspecified atom stereocenters. The summed E-state index contributed by atoms with van der Waals surface area (Å²) in [5.74, 6) is -2.49. The number of carbonyl (C=O) groups excluding carboxylic acids is 2.